The molecule has 0 aliphatic carbocycles. The Morgan fingerprint density at radius 1 is 1.33 bits per heavy atom. The van der Waals surface area contributed by atoms with Gasteiger partial charge in [-0.2, -0.15) is 0 Å². The summed E-state index contributed by atoms with van der Waals surface area (Å²) in [5, 5.41) is 0. The summed E-state index contributed by atoms with van der Waals surface area (Å²) >= 11 is 0. The normalized spacial score (nSPS) is 13.7. The number of nitrogens with zero attached hydrogens (tertiary/aromatic N) is 1. The van der Waals surface area contributed by atoms with Crippen molar-refractivity contribution in [3.63, 3.8) is 0 Å². The maximum Gasteiger partial charge on any atom is 0.119 e. The number of likely N-dealkylation sites (N-methyl/N-ethyl adjacent to an activating group) is 1. The van der Waals surface area contributed by atoms with E-state index in [2.05, 4.69) is 45.8 Å². The van der Waals surface area contributed by atoms with Gasteiger partial charge in [0.2, 0.25) is 0 Å². The Morgan fingerprint density at radius 3 is 2.56 bits per heavy atom. The second kappa shape index (κ2) is 6.21. The van der Waals surface area contributed by atoms with Crippen molar-refractivity contribution in [3.05, 3.63) is 29.8 Å². The molecule has 102 valence electrons. The molecule has 0 fully saturated rings. The Kier molecular flexibility index (Phi) is 5.17. The predicted octanol–water partition coefficient (Wildman–Crippen LogP) is 2.82. The molecule has 0 saturated carbocycles. The predicted molar refractivity (Wildman–Crippen MR) is 76.9 cm³/mol. The molecule has 0 heterocycles. The Balaban J connectivity index is 2.68. The van der Waals surface area contributed by atoms with Crippen molar-refractivity contribution in [1.29, 1.82) is 0 Å². The summed E-state index contributed by atoms with van der Waals surface area (Å²) in [6.07, 6.45) is 0.937. The highest BCUT2D eigenvalue weighted by atomic mass is 16.5. The van der Waals surface area contributed by atoms with E-state index < -0.39 is 0 Å². The third-order valence-corrected chi connectivity index (χ3v) is 3.53. The maximum absolute atomic E-state index is 6.03. The first-order valence-electron chi connectivity index (χ1n) is 6.52. The van der Waals surface area contributed by atoms with Gasteiger partial charge < -0.3 is 15.4 Å². The van der Waals surface area contributed by atoms with Gasteiger partial charge in [-0.3, -0.25) is 0 Å². The second-order valence-electron chi connectivity index (χ2n) is 5.58. The van der Waals surface area contributed by atoms with Crippen molar-refractivity contribution >= 4 is 0 Å². The average molecular weight is 250 g/mol. The summed E-state index contributed by atoms with van der Waals surface area (Å²) < 4.78 is 5.87. The van der Waals surface area contributed by atoms with E-state index in [0.717, 1.165) is 17.7 Å². The molecular formula is C15H26N2O. The van der Waals surface area contributed by atoms with Crippen LogP contribution in [-0.4, -0.2) is 31.1 Å². The minimum atomic E-state index is 0.0167. The van der Waals surface area contributed by atoms with Crippen LogP contribution in [0.15, 0.2) is 24.3 Å². The SMILES string of the molecule is CCC(N)c1cccc(OCC(C)(C)N(C)C)c1. The standard InChI is InChI=1S/C15H26N2O/c1-6-14(16)12-8-7-9-13(10-12)18-11-15(2,3)17(4)5/h7-10,14H,6,11,16H2,1-5H3. The molecule has 18 heavy (non-hydrogen) atoms. The van der Waals surface area contributed by atoms with Crippen molar-refractivity contribution in [2.75, 3.05) is 20.7 Å². The summed E-state index contributed by atoms with van der Waals surface area (Å²) in [5.41, 5.74) is 7.18. The van der Waals surface area contributed by atoms with Gasteiger partial charge in [-0.15, -0.1) is 0 Å². The number of hydrogen-bond donors (Lipinski definition) is 1. The molecular weight excluding hydrogens is 224 g/mol. The van der Waals surface area contributed by atoms with Crippen LogP contribution >= 0.6 is 0 Å². The highest BCUT2D eigenvalue weighted by Gasteiger charge is 2.21. The number of ether oxygens (including phenoxy) is 1. The lowest BCUT2D eigenvalue weighted by atomic mass is 10.0. The van der Waals surface area contributed by atoms with Gasteiger partial charge in [-0.1, -0.05) is 19.1 Å². The molecule has 1 aromatic carbocycles. The molecule has 3 heteroatoms. The van der Waals surface area contributed by atoms with Gasteiger partial charge >= 0.3 is 0 Å². The summed E-state index contributed by atoms with van der Waals surface area (Å²) in [6.45, 7) is 7.07. The fraction of sp³-hybridized carbons (Fsp3) is 0.600. The minimum absolute atomic E-state index is 0.0167. The van der Waals surface area contributed by atoms with Crippen LogP contribution in [0.1, 0.15) is 38.8 Å². The quantitative estimate of drug-likeness (QED) is 0.843. The lowest BCUT2D eigenvalue weighted by Crippen LogP contribution is -2.43. The Bertz CT molecular complexity index is 375. The van der Waals surface area contributed by atoms with E-state index in [1.807, 2.05) is 18.2 Å². The van der Waals surface area contributed by atoms with Gasteiger partial charge in [0, 0.05) is 11.6 Å². The molecule has 1 atom stereocenters. The zero-order valence-electron chi connectivity index (χ0n) is 12.2. The first-order chi connectivity index (χ1) is 8.36. The van der Waals surface area contributed by atoms with Crippen LogP contribution in [0.5, 0.6) is 5.75 Å². The van der Waals surface area contributed by atoms with Crippen LogP contribution in [0.4, 0.5) is 0 Å². The first-order valence-corrected chi connectivity index (χ1v) is 6.52. The van der Waals surface area contributed by atoms with Crippen LogP contribution < -0.4 is 10.5 Å². The average Bonchev–Trinajstić information content (AvgIpc) is 2.35. The first kappa shape index (κ1) is 15.0. The number of nitrogens with two attached hydrogens (primary N) is 1. The van der Waals surface area contributed by atoms with Crippen LogP contribution in [-0.2, 0) is 0 Å². The van der Waals surface area contributed by atoms with Crippen LogP contribution in [0.25, 0.3) is 0 Å². The van der Waals surface area contributed by atoms with Gasteiger partial charge in [0.15, 0.2) is 0 Å². The summed E-state index contributed by atoms with van der Waals surface area (Å²) in [5.74, 6) is 0.895. The Hall–Kier alpha value is -1.06. The van der Waals surface area contributed by atoms with Gasteiger partial charge in [0.05, 0.1) is 0 Å². The molecule has 1 unspecified atom stereocenters. The van der Waals surface area contributed by atoms with Gasteiger partial charge in [-0.25, -0.2) is 0 Å². The van der Waals surface area contributed by atoms with E-state index in [9.17, 15) is 0 Å². The Morgan fingerprint density at radius 2 is 2.00 bits per heavy atom. The molecule has 0 bridgehead atoms. The van der Waals surface area contributed by atoms with E-state index >= 15 is 0 Å². The maximum atomic E-state index is 6.03. The molecule has 0 amide bonds. The number of hydrogen-bond acceptors (Lipinski definition) is 3. The molecule has 0 saturated heterocycles. The van der Waals surface area contributed by atoms with E-state index in [-0.39, 0.29) is 11.6 Å². The number of rotatable bonds is 6. The van der Waals surface area contributed by atoms with Crippen molar-refractivity contribution in [2.24, 2.45) is 5.73 Å². The monoisotopic (exact) mass is 250 g/mol. The van der Waals surface area contributed by atoms with Crippen LogP contribution in [0, 0.1) is 0 Å². The molecule has 0 aliphatic rings. The van der Waals surface area contributed by atoms with E-state index in [4.69, 9.17) is 10.5 Å². The lowest BCUT2D eigenvalue weighted by Gasteiger charge is -2.32. The topological polar surface area (TPSA) is 38.5 Å². The van der Waals surface area contributed by atoms with E-state index in [0.29, 0.717) is 6.61 Å². The largest absolute Gasteiger partial charge is 0.492 e. The van der Waals surface area contributed by atoms with Gasteiger partial charge in [0.1, 0.15) is 12.4 Å². The van der Waals surface area contributed by atoms with Crippen molar-refractivity contribution in [1.82, 2.24) is 4.90 Å². The zero-order valence-corrected chi connectivity index (χ0v) is 12.2. The molecule has 0 radical (unpaired) electrons. The summed E-state index contributed by atoms with van der Waals surface area (Å²) in [4.78, 5) is 2.16. The fourth-order valence-corrected chi connectivity index (χ4v) is 1.46. The highest BCUT2D eigenvalue weighted by molar-refractivity contribution is 5.30. The molecule has 0 aliphatic heterocycles. The van der Waals surface area contributed by atoms with Crippen molar-refractivity contribution < 1.29 is 4.74 Å². The lowest BCUT2D eigenvalue weighted by molar-refractivity contribution is 0.114. The van der Waals surface area contributed by atoms with Gasteiger partial charge in [-0.05, 0) is 52.1 Å². The summed E-state index contributed by atoms with van der Waals surface area (Å²) in [7, 11) is 4.12. The number of benzene rings is 1. The molecule has 0 spiro atoms. The summed E-state index contributed by atoms with van der Waals surface area (Å²) in [6, 6.07) is 8.17. The van der Waals surface area contributed by atoms with Crippen LogP contribution in [0.3, 0.4) is 0 Å². The molecule has 1 aromatic rings. The molecule has 2 N–H and O–H groups in total. The van der Waals surface area contributed by atoms with E-state index in [1.54, 1.807) is 0 Å². The van der Waals surface area contributed by atoms with Gasteiger partial charge in [0.25, 0.3) is 0 Å². The fourth-order valence-electron chi connectivity index (χ4n) is 1.46. The minimum Gasteiger partial charge on any atom is -0.492 e. The smallest absolute Gasteiger partial charge is 0.119 e. The third-order valence-electron chi connectivity index (χ3n) is 3.53. The van der Waals surface area contributed by atoms with Crippen molar-refractivity contribution in [3.8, 4) is 5.75 Å². The second-order valence-corrected chi connectivity index (χ2v) is 5.58. The van der Waals surface area contributed by atoms with Crippen LogP contribution in [0.2, 0.25) is 0 Å². The molecule has 0 aromatic heterocycles. The highest BCUT2D eigenvalue weighted by Crippen LogP contribution is 2.21. The molecule has 3 nitrogen and oxygen atoms in total. The zero-order chi connectivity index (χ0) is 13.8. The van der Waals surface area contributed by atoms with E-state index in [1.165, 1.54) is 0 Å². The van der Waals surface area contributed by atoms with Crippen molar-refractivity contribution in [2.45, 2.75) is 38.8 Å². The Labute approximate surface area is 111 Å². The molecule has 1 rings (SSSR count). The third kappa shape index (κ3) is 4.00.